The van der Waals surface area contributed by atoms with Crippen LogP contribution in [0.5, 0.6) is 0 Å². The standard InChI is InChI=1S/C59H92O6/c1-4-7-10-13-16-19-22-24-26-28-30-32-33-35-37-40-43-46-49-52-58(61)64-55-56(54-63-57(60)51-48-45-42-39-21-18-15-12-9-6-3)65-59(62)53-50-47-44-41-38-36-34-31-29-27-25-23-20-17-14-11-8-5-2/h7,10,13,16-17,19-20,22-35,37,56H,4-6,8-9,11-12,14-15,18,21,36,38-55H2,1-3H3/b10-7-,16-13-,20-17-,22-19-,25-23-,26-24-,29-27-,30-28+,33-32-,34-31-,37-35-. The smallest absolute Gasteiger partial charge is 0.306 e. The lowest BCUT2D eigenvalue weighted by Gasteiger charge is -2.18. The average Bonchev–Trinajstić information content (AvgIpc) is 3.30. The summed E-state index contributed by atoms with van der Waals surface area (Å²) in [6.45, 7) is 6.36. The van der Waals surface area contributed by atoms with E-state index in [0.717, 1.165) is 96.3 Å². The van der Waals surface area contributed by atoms with Gasteiger partial charge in [-0.25, -0.2) is 0 Å². The van der Waals surface area contributed by atoms with Crippen molar-refractivity contribution in [2.75, 3.05) is 13.2 Å². The predicted octanol–water partition coefficient (Wildman–Crippen LogP) is 17.1. The fraction of sp³-hybridized carbons (Fsp3) is 0.576. The fourth-order valence-corrected chi connectivity index (χ4v) is 6.55. The predicted molar refractivity (Wildman–Crippen MR) is 279 cm³/mol. The summed E-state index contributed by atoms with van der Waals surface area (Å²) in [6, 6.07) is 0. The molecule has 0 N–H and O–H groups in total. The van der Waals surface area contributed by atoms with E-state index in [1.807, 2.05) is 72.9 Å². The molecule has 0 heterocycles. The van der Waals surface area contributed by atoms with E-state index in [4.69, 9.17) is 14.2 Å². The monoisotopic (exact) mass is 897 g/mol. The summed E-state index contributed by atoms with van der Waals surface area (Å²) >= 11 is 0. The highest BCUT2D eigenvalue weighted by Crippen LogP contribution is 2.13. The van der Waals surface area contributed by atoms with Gasteiger partial charge in [-0.1, -0.05) is 251 Å². The van der Waals surface area contributed by atoms with E-state index in [2.05, 4.69) is 81.5 Å². The Bertz CT molecular complexity index is 1450. The number of esters is 3. The lowest BCUT2D eigenvalue weighted by Crippen LogP contribution is -2.30. The van der Waals surface area contributed by atoms with Crippen LogP contribution in [-0.4, -0.2) is 37.2 Å². The Hall–Kier alpha value is -4.45. The molecule has 1 atom stereocenters. The number of hydrogen-bond acceptors (Lipinski definition) is 6. The maximum atomic E-state index is 12.8. The number of ether oxygens (including phenoxy) is 3. The molecular formula is C59H92O6. The Morgan fingerprint density at radius 1 is 0.323 bits per heavy atom. The van der Waals surface area contributed by atoms with Crippen molar-refractivity contribution >= 4 is 17.9 Å². The molecule has 6 heteroatoms. The van der Waals surface area contributed by atoms with Crippen molar-refractivity contribution in [1.82, 2.24) is 0 Å². The van der Waals surface area contributed by atoms with Gasteiger partial charge in [0.2, 0.25) is 0 Å². The molecule has 0 aliphatic carbocycles. The minimum Gasteiger partial charge on any atom is -0.462 e. The van der Waals surface area contributed by atoms with E-state index in [-0.39, 0.29) is 37.5 Å². The summed E-state index contributed by atoms with van der Waals surface area (Å²) in [5.41, 5.74) is 0. The van der Waals surface area contributed by atoms with E-state index in [9.17, 15) is 14.4 Å². The van der Waals surface area contributed by atoms with E-state index in [1.165, 1.54) is 64.2 Å². The van der Waals surface area contributed by atoms with Crippen LogP contribution in [0.15, 0.2) is 134 Å². The average molecular weight is 897 g/mol. The minimum atomic E-state index is -0.812. The van der Waals surface area contributed by atoms with Crippen LogP contribution in [0.1, 0.15) is 201 Å². The fourth-order valence-electron chi connectivity index (χ4n) is 6.55. The van der Waals surface area contributed by atoms with E-state index >= 15 is 0 Å². The van der Waals surface area contributed by atoms with Gasteiger partial charge in [0.1, 0.15) is 13.2 Å². The first-order valence-electron chi connectivity index (χ1n) is 25.8. The first-order valence-corrected chi connectivity index (χ1v) is 25.8. The second-order valence-electron chi connectivity index (χ2n) is 16.6. The van der Waals surface area contributed by atoms with Gasteiger partial charge >= 0.3 is 17.9 Å². The molecule has 65 heavy (non-hydrogen) atoms. The maximum absolute atomic E-state index is 12.8. The Morgan fingerprint density at radius 2 is 0.600 bits per heavy atom. The van der Waals surface area contributed by atoms with Crippen LogP contribution in [0, 0.1) is 0 Å². The summed E-state index contributed by atoms with van der Waals surface area (Å²) in [6.07, 6.45) is 72.8. The lowest BCUT2D eigenvalue weighted by atomic mass is 10.1. The zero-order chi connectivity index (χ0) is 47.2. The first kappa shape index (κ1) is 60.5. The van der Waals surface area contributed by atoms with E-state index < -0.39 is 6.10 Å². The second kappa shape index (κ2) is 52.2. The molecule has 0 aromatic carbocycles. The van der Waals surface area contributed by atoms with Crippen molar-refractivity contribution in [3.05, 3.63) is 134 Å². The van der Waals surface area contributed by atoms with Crippen LogP contribution in [0.25, 0.3) is 0 Å². The quantitative estimate of drug-likeness (QED) is 0.0262. The highest BCUT2D eigenvalue weighted by molar-refractivity contribution is 5.71. The van der Waals surface area contributed by atoms with Crippen molar-refractivity contribution < 1.29 is 28.6 Å². The van der Waals surface area contributed by atoms with E-state index in [0.29, 0.717) is 12.8 Å². The Kier molecular flexibility index (Phi) is 48.6. The van der Waals surface area contributed by atoms with Crippen LogP contribution < -0.4 is 0 Å². The first-order chi connectivity index (χ1) is 32.0. The molecule has 6 nitrogen and oxygen atoms in total. The molecule has 364 valence electrons. The SMILES string of the molecule is CC\C=C/C=C\C=C/C=C\C=C\C=C/C=C\CCCCCC(=O)OCC(COC(=O)CCCCCCCCCCCC)OC(=O)CCCCCCC\C=C/C=C\C=C/C=C\CCCCC. The second-order valence-corrected chi connectivity index (χ2v) is 16.6. The normalized spacial score (nSPS) is 13.2. The third kappa shape index (κ3) is 50.4. The number of rotatable bonds is 44. The molecule has 0 amide bonds. The zero-order valence-corrected chi connectivity index (χ0v) is 41.4. The van der Waals surface area contributed by atoms with E-state index in [1.54, 1.807) is 0 Å². The Labute approximate surface area is 398 Å². The highest BCUT2D eigenvalue weighted by atomic mass is 16.6. The van der Waals surface area contributed by atoms with Crippen molar-refractivity contribution in [2.24, 2.45) is 0 Å². The van der Waals surface area contributed by atoms with Gasteiger partial charge in [-0.3, -0.25) is 14.4 Å². The molecule has 1 unspecified atom stereocenters. The largest absolute Gasteiger partial charge is 0.462 e. The highest BCUT2D eigenvalue weighted by Gasteiger charge is 2.19. The third-order valence-corrected chi connectivity index (χ3v) is 10.4. The zero-order valence-electron chi connectivity index (χ0n) is 41.4. The molecular weight excluding hydrogens is 805 g/mol. The Morgan fingerprint density at radius 3 is 0.985 bits per heavy atom. The molecule has 0 aromatic heterocycles. The van der Waals surface area contributed by atoms with Crippen LogP contribution in [0.3, 0.4) is 0 Å². The van der Waals surface area contributed by atoms with Crippen LogP contribution >= 0.6 is 0 Å². The van der Waals surface area contributed by atoms with Gasteiger partial charge in [0.15, 0.2) is 6.10 Å². The van der Waals surface area contributed by atoms with Gasteiger partial charge in [-0.15, -0.1) is 0 Å². The lowest BCUT2D eigenvalue weighted by molar-refractivity contribution is -0.167. The molecule has 0 bridgehead atoms. The summed E-state index contributed by atoms with van der Waals surface area (Å²) in [5.74, 6) is -0.987. The summed E-state index contributed by atoms with van der Waals surface area (Å²) in [7, 11) is 0. The number of carbonyl (C=O) groups excluding carboxylic acids is 3. The molecule has 0 fully saturated rings. The summed E-state index contributed by atoms with van der Waals surface area (Å²) < 4.78 is 16.7. The number of allylic oxidation sites excluding steroid dienone is 22. The molecule has 0 spiro atoms. The van der Waals surface area contributed by atoms with Gasteiger partial charge in [0.05, 0.1) is 0 Å². The van der Waals surface area contributed by atoms with Gasteiger partial charge in [0.25, 0.3) is 0 Å². The Balaban J connectivity index is 4.54. The summed E-state index contributed by atoms with van der Waals surface area (Å²) in [5, 5.41) is 0. The number of unbranched alkanes of at least 4 members (excludes halogenated alkanes) is 20. The topological polar surface area (TPSA) is 78.9 Å². The van der Waals surface area contributed by atoms with Gasteiger partial charge in [0, 0.05) is 19.3 Å². The molecule has 0 aromatic rings. The summed E-state index contributed by atoms with van der Waals surface area (Å²) in [4.78, 5) is 38.0. The van der Waals surface area contributed by atoms with Crippen LogP contribution in [-0.2, 0) is 28.6 Å². The molecule has 0 rings (SSSR count). The molecule has 0 radical (unpaired) electrons. The minimum absolute atomic E-state index is 0.107. The van der Waals surface area contributed by atoms with Crippen molar-refractivity contribution in [3.63, 3.8) is 0 Å². The van der Waals surface area contributed by atoms with Gasteiger partial charge in [-0.05, 0) is 64.2 Å². The number of carbonyl (C=O) groups is 3. The maximum Gasteiger partial charge on any atom is 0.306 e. The molecule has 0 saturated carbocycles. The molecule has 0 aliphatic heterocycles. The van der Waals surface area contributed by atoms with Crippen molar-refractivity contribution in [3.8, 4) is 0 Å². The van der Waals surface area contributed by atoms with Crippen LogP contribution in [0.2, 0.25) is 0 Å². The van der Waals surface area contributed by atoms with Gasteiger partial charge < -0.3 is 14.2 Å². The third-order valence-electron chi connectivity index (χ3n) is 10.4. The molecule has 0 saturated heterocycles. The van der Waals surface area contributed by atoms with Gasteiger partial charge in [-0.2, -0.15) is 0 Å². The van der Waals surface area contributed by atoms with Crippen molar-refractivity contribution in [1.29, 1.82) is 0 Å². The van der Waals surface area contributed by atoms with Crippen LogP contribution in [0.4, 0.5) is 0 Å². The number of hydrogen-bond donors (Lipinski definition) is 0. The van der Waals surface area contributed by atoms with Crippen molar-refractivity contribution in [2.45, 2.75) is 207 Å². The molecule has 0 aliphatic rings.